The summed E-state index contributed by atoms with van der Waals surface area (Å²) in [5.74, 6) is -3.21. The van der Waals surface area contributed by atoms with Gasteiger partial charge in [0.05, 0.1) is 16.8 Å². The highest BCUT2D eigenvalue weighted by molar-refractivity contribution is 5.95. The van der Waals surface area contributed by atoms with Crippen molar-refractivity contribution in [1.29, 1.82) is 0 Å². The number of aromatic nitrogens is 4. The highest BCUT2D eigenvalue weighted by Gasteiger charge is 2.41. The second-order valence-electron chi connectivity index (χ2n) is 11.4. The van der Waals surface area contributed by atoms with E-state index in [1.54, 1.807) is 0 Å². The van der Waals surface area contributed by atoms with E-state index in [9.17, 15) is 53.5 Å². The predicted octanol–water partition coefficient (Wildman–Crippen LogP) is 7.04. The average molecular weight is 718 g/mol. The topological polar surface area (TPSA) is 87.5 Å². The van der Waals surface area contributed by atoms with Crippen LogP contribution < -0.4 is 4.90 Å². The van der Waals surface area contributed by atoms with Gasteiger partial charge in [0.25, 0.3) is 11.7 Å². The summed E-state index contributed by atoms with van der Waals surface area (Å²) in [6, 6.07) is 9.18. The molecule has 1 aliphatic heterocycles. The second-order valence-corrected chi connectivity index (χ2v) is 11.4. The maximum Gasteiger partial charge on any atom is 0.453 e. The van der Waals surface area contributed by atoms with Crippen molar-refractivity contribution in [2.75, 3.05) is 32.1 Å². The van der Waals surface area contributed by atoms with Gasteiger partial charge in [0.15, 0.2) is 0 Å². The number of rotatable bonds is 5. The Morgan fingerprint density at radius 2 is 1.38 bits per heavy atom. The Bertz CT molecular complexity index is 1820. The molecule has 2 atom stereocenters. The number of halogens is 10. The number of carbonyl (C=O) groups excluding carboxylic acids is 2. The highest BCUT2D eigenvalue weighted by Crippen LogP contribution is 2.39. The Labute approximate surface area is 276 Å². The molecule has 266 valence electrons. The maximum atomic E-state index is 13.8. The van der Waals surface area contributed by atoms with Gasteiger partial charge in [-0.25, -0.2) is 9.18 Å². The third-order valence-corrected chi connectivity index (χ3v) is 8.29. The molecule has 1 aromatic heterocycles. The van der Waals surface area contributed by atoms with Gasteiger partial charge < -0.3 is 9.80 Å². The summed E-state index contributed by atoms with van der Waals surface area (Å²) >= 11 is 0. The minimum Gasteiger partial charge on any atom is -0.338 e. The molecule has 0 N–H and O–H groups in total. The maximum absolute atomic E-state index is 13.8. The zero-order valence-electron chi connectivity index (χ0n) is 25.9. The monoisotopic (exact) mass is 717 g/mol. The number of likely N-dealkylation sites (tertiary alicyclic amines) is 1. The Hall–Kier alpha value is -5.23. The molecule has 1 saturated heterocycles. The molecule has 3 amide bonds. The van der Waals surface area contributed by atoms with Crippen molar-refractivity contribution in [1.82, 2.24) is 30.0 Å². The summed E-state index contributed by atoms with van der Waals surface area (Å²) < 4.78 is 135. The standard InChI is InChI=1S/C31H25F10N7O2/c1-45(23-14-19(29(33,34)35)13-20(15-23)30(36,37)38)28(50)46(2)25-11-12-47(16-24(25)17-3-7-21(32)8-4-17)26(49)18-5-9-22(10-6-18)48-27(31(39,40)41)42-43-44-48/h3-10,13-15,24-25H,11-12,16H2,1-2H3/t24-,25+/m0/s1. The van der Waals surface area contributed by atoms with Crippen molar-refractivity contribution >= 4 is 17.6 Å². The van der Waals surface area contributed by atoms with Crippen molar-refractivity contribution in [2.24, 2.45) is 0 Å². The molecule has 0 spiro atoms. The van der Waals surface area contributed by atoms with Gasteiger partial charge in [-0.15, -0.1) is 5.10 Å². The molecule has 19 heteroatoms. The van der Waals surface area contributed by atoms with Crippen molar-refractivity contribution < 1.29 is 53.5 Å². The van der Waals surface area contributed by atoms with Gasteiger partial charge in [0.2, 0.25) is 0 Å². The number of likely N-dealkylation sites (N-methyl/N-ethyl adjacent to an activating group) is 1. The predicted molar refractivity (Wildman–Crippen MR) is 156 cm³/mol. The van der Waals surface area contributed by atoms with Crippen LogP contribution in [0.25, 0.3) is 5.69 Å². The second kappa shape index (κ2) is 13.2. The van der Waals surface area contributed by atoms with Gasteiger partial charge in [-0.05, 0) is 77.0 Å². The molecular formula is C31H25F10N7O2. The Kier molecular flexibility index (Phi) is 9.55. The number of alkyl halides is 9. The number of urea groups is 1. The van der Waals surface area contributed by atoms with Gasteiger partial charge in [0, 0.05) is 50.4 Å². The molecule has 0 bridgehead atoms. The first-order chi connectivity index (χ1) is 23.3. The van der Waals surface area contributed by atoms with E-state index in [0.717, 1.165) is 24.1 Å². The Balaban J connectivity index is 1.40. The SMILES string of the molecule is CN(C(=O)N(C)[C@@H]1CCN(C(=O)c2ccc(-n3nnnc3C(F)(F)F)cc2)C[C@H]1c1ccc(F)cc1)c1cc(C(F)(F)F)cc(C(F)(F)F)c1. The number of tetrazole rings is 1. The third-order valence-electron chi connectivity index (χ3n) is 8.29. The fourth-order valence-electron chi connectivity index (χ4n) is 5.71. The van der Waals surface area contributed by atoms with E-state index >= 15 is 0 Å². The number of piperidine rings is 1. The van der Waals surface area contributed by atoms with Crippen molar-refractivity contribution in [2.45, 2.75) is 36.9 Å². The number of hydrogen-bond donors (Lipinski definition) is 0. The number of amides is 3. The Morgan fingerprint density at radius 3 is 1.92 bits per heavy atom. The zero-order valence-corrected chi connectivity index (χ0v) is 25.9. The fourth-order valence-corrected chi connectivity index (χ4v) is 5.71. The number of anilines is 1. The van der Waals surface area contributed by atoms with Crippen LogP contribution in [-0.2, 0) is 18.5 Å². The fraction of sp³-hybridized carbons (Fsp3) is 0.323. The quantitative estimate of drug-likeness (QED) is 0.207. The van der Waals surface area contributed by atoms with Gasteiger partial charge in [-0.1, -0.05) is 12.1 Å². The van der Waals surface area contributed by atoms with Crippen LogP contribution in [0.5, 0.6) is 0 Å². The number of hydrogen-bond acceptors (Lipinski definition) is 5. The van der Waals surface area contributed by atoms with Crippen LogP contribution in [0.4, 0.5) is 54.4 Å². The van der Waals surface area contributed by atoms with E-state index in [1.165, 1.54) is 48.3 Å². The van der Waals surface area contributed by atoms with Crippen LogP contribution in [0.1, 0.15) is 45.2 Å². The van der Waals surface area contributed by atoms with Gasteiger partial charge >= 0.3 is 24.6 Å². The number of benzene rings is 3. The summed E-state index contributed by atoms with van der Waals surface area (Å²) in [5, 5.41) is 9.38. The van der Waals surface area contributed by atoms with Crippen LogP contribution in [0.15, 0.2) is 66.7 Å². The van der Waals surface area contributed by atoms with Crippen molar-refractivity contribution in [3.05, 3.63) is 101 Å². The molecule has 1 aliphatic rings. The smallest absolute Gasteiger partial charge is 0.338 e. The first kappa shape index (κ1) is 36.1. The first-order valence-corrected chi connectivity index (χ1v) is 14.6. The van der Waals surface area contributed by atoms with Crippen molar-refractivity contribution in [3.8, 4) is 5.69 Å². The largest absolute Gasteiger partial charge is 0.453 e. The summed E-state index contributed by atoms with van der Waals surface area (Å²) in [7, 11) is 2.33. The minimum atomic E-state index is -5.14. The molecule has 0 aliphatic carbocycles. The van der Waals surface area contributed by atoms with Gasteiger partial charge in [-0.3, -0.25) is 9.69 Å². The molecule has 0 radical (unpaired) electrons. The minimum absolute atomic E-state index is 0.0251. The van der Waals surface area contributed by atoms with Crippen LogP contribution in [0.2, 0.25) is 0 Å². The zero-order chi connectivity index (χ0) is 36.8. The van der Waals surface area contributed by atoms with E-state index in [1.807, 2.05) is 0 Å². The van der Waals surface area contributed by atoms with Crippen LogP contribution in [0, 0.1) is 5.82 Å². The molecule has 4 aromatic rings. The third kappa shape index (κ3) is 7.50. The van der Waals surface area contributed by atoms with Crippen LogP contribution in [-0.4, -0.2) is 75.2 Å². The first-order valence-electron chi connectivity index (χ1n) is 14.6. The van der Waals surface area contributed by atoms with Gasteiger partial charge in [0.1, 0.15) is 5.82 Å². The average Bonchev–Trinajstić information content (AvgIpc) is 3.57. The number of nitrogens with zero attached hydrogens (tertiary/aromatic N) is 7. The van der Waals surface area contributed by atoms with Gasteiger partial charge in [-0.2, -0.15) is 44.2 Å². The molecule has 5 rings (SSSR count). The summed E-state index contributed by atoms with van der Waals surface area (Å²) in [6.45, 7) is -0.0392. The van der Waals surface area contributed by atoms with Crippen LogP contribution >= 0.6 is 0 Å². The van der Waals surface area contributed by atoms with Crippen LogP contribution in [0.3, 0.4) is 0 Å². The lowest BCUT2D eigenvalue weighted by molar-refractivity contribution is -0.146. The molecular weight excluding hydrogens is 692 g/mol. The van der Waals surface area contributed by atoms with E-state index in [0.29, 0.717) is 27.3 Å². The normalized spacial score (nSPS) is 17.1. The molecule has 50 heavy (non-hydrogen) atoms. The van der Waals surface area contributed by atoms with E-state index in [-0.39, 0.29) is 36.8 Å². The highest BCUT2D eigenvalue weighted by atomic mass is 19.4. The van der Waals surface area contributed by atoms with Crippen molar-refractivity contribution in [3.63, 3.8) is 0 Å². The molecule has 1 fully saturated rings. The van der Waals surface area contributed by atoms with E-state index in [2.05, 4.69) is 15.5 Å². The lowest BCUT2D eigenvalue weighted by Crippen LogP contribution is -2.54. The number of carbonyl (C=O) groups is 2. The lowest BCUT2D eigenvalue weighted by atomic mass is 9.85. The summed E-state index contributed by atoms with van der Waals surface area (Å²) in [4.78, 5) is 30.4. The van der Waals surface area contributed by atoms with E-state index < -0.39 is 70.9 Å². The molecule has 0 saturated carbocycles. The summed E-state index contributed by atoms with van der Waals surface area (Å²) in [6.07, 6.45) is -15.0. The summed E-state index contributed by atoms with van der Waals surface area (Å²) in [5.41, 5.74) is -3.39. The lowest BCUT2D eigenvalue weighted by Gasteiger charge is -2.43. The molecule has 3 aromatic carbocycles. The molecule has 9 nitrogen and oxygen atoms in total. The van der Waals surface area contributed by atoms with E-state index in [4.69, 9.17) is 0 Å². The molecule has 0 unspecified atom stereocenters. The molecule has 2 heterocycles. The Morgan fingerprint density at radius 1 is 0.800 bits per heavy atom.